The molecule has 2 nitrogen and oxygen atoms in total. The minimum absolute atomic E-state index is 0.431. The van der Waals surface area contributed by atoms with E-state index < -0.39 is 0 Å². The van der Waals surface area contributed by atoms with Gasteiger partial charge in [0.25, 0.3) is 0 Å². The second-order valence-electron chi connectivity index (χ2n) is 5.85. The average molecular weight is 234 g/mol. The van der Waals surface area contributed by atoms with E-state index in [1.54, 1.807) is 0 Å². The van der Waals surface area contributed by atoms with Gasteiger partial charge in [-0.1, -0.05) is 19.3 Å². The second-order valence-corrected chi connectivity index (χ2v) is 5.85. The Morgan fingerprint density at radius 1 is 1.35 bits per heavy atom. The first-order valence-electron chi connectivity index (χ1n) is 7.18. The van der Waals surface area contributed by atoms with Crippen LogP contribution in [0.15, 0.2) is 0 Å². The Morgan fingerprint density at radius 3 is 2.82 bits per heavy atom. The largest absolute Gasteiger partial charge is 0.308 e. The fraction of sp³-hybridized carbons (Fsp3) is 0.867. The summed E-state index contributed by atoms with van der Waals surface area (Å²) in [6.45, 7) is 5.89. The highest BCUT2D eigenvalue weighted by atomic mass is 15.2. The Kier molecular flexibility index (Phi) is 4.48. The van der Waals surface area contributed by atoms with Crippen molar-refractivity contribution in [1.82, 2.24) is 10.2 Å². The smallest absolute Gasteiger partial charge is 0.0309 e. The van der Waals surface area contributed by atoms with Crippen LogP contribution in [0.2, 0.25) is 0 Å². The first-order chi connectivity index (χ1) is 8.26. The van der Waals surface area contributed by atoms with Crippen LogP contribution in [0.5, 0.6) is 0 Å². The molecule has 2 aliphatic rings. The quantitative estimate of drug-likeness (QED) is 0.596. The highest BCUT2D eigenvalue weighted by Crippen LogP contribution is 2.31. The van der Waals surface area contributed by atoms with Gasteiger partial charge in [0.05, 0.1) is 0 Å². The van der Waals surface area contributed by atoms with Gasteiger partial charge in [0.1, 0.15) is 0 Å². The number of piperazine rings is 1. The van der Waals surface area contributed by atoms with Gasteiger partial charge < -0.3 is 5.32 Å². The van der Waals surface area contributed by atoms with E-state index in [9.17, 15) is 0 Å². The van der Waals surface area contributed by atoms with Crippen LogP contribution in [0.3, 0.4) is 0 Å². The summed E-state index contributed by atoms with van der Waals surface area (Å²) in [5, 5.41) is 3.82. The fourth-order valence-electron chi connectivity index (χ4n) is 3.34. The van der Waals surface area contributed by atoms with Crippen LogP contribution >= 0.6 is 0 Å². The number of nitrogens with zero attached hydrogens (tertiary/aromatic N) is 1. The molecular formula is C15H26N2. The Labute approximate surface area is 106 Å². The first kappa shape index (κ1) is 12.9. The highest BCUT2D eigenvalue weighted by molar-refractivity contribution is 4.99. The normalized spacial score (nSPS) is 29.1. The molecule has 17 heavy (non-hydrogen) atoms. The number of unbranched alkanes of at least 4 members (excludes halogenated alkanes) is 1. The molecule has 0 bridgehead atoms. The highest BCUT2D eigenvalue weighted by Gasteiger charge is 2.38. The molecule has 2 fully saturated rings. The minimum atomic E-state index is 0.431. The summed E-state index contributed by atoms with van der Waals surface area (Å²) in [6.07, 6.45) is 14.4. The second kappa shape index (κ2) is 5.89. The van der Waals surface area contributed by atoms with E-state index in [0.29, 0.717) is 11.6 Å². The van der Waals surface area contributed by atoms with Gasteiger partial charge in [0.15, 0.2) is 0 Å². The maximum atomic E-state index is 5.33. The number of hydrogen-bond donors (Lipinski definition) is 1. The van der Waals surface area contributed by atoms with Gasteiger partial charge in [0.2, 0.25) is 0 Å². The zero-order chi connectivity index (χ0) is 12.1. The monoisotopic (exact) mass is 234 g/mol. The molecule has 0 amide bonds. The van der Waals surface area contributed by atoms with Crippen molar-refractivity contribution >= 4 is 0 Å². The maximum Gasteiger partial charge on any atom is 0.0309 e. The molecule has 1 saturated carbocycles. The molecule has 1 aliphatic carbocycles. The SMILES string of the molecule is C#CCCCN1CC2(CCCCC2)NCC1C. The third-order valence-corrected chi connectivity index (χ3v) is 4.48. The van der Waals surface area contributed by atoms with Gasteiger partial charge in [-0.05, 0) is 32.7 Å². The topological polar surface area (TPSA) is 15.3 Å². The Hall–Kier alpha value is -0.520. The van der Waals surface area contributed by atoms with Gasteiger partial charge >= 0.3 is 0 Å². The van der Waals surface area contributed by atoms with Crippen LogP contribution in [-0.4, -0.2) is 36.1 Å². The molecule has 1 heterocycles. The molecule has 96 valence electrons. The molecule has 1 aliphatic heterocycles. The van der Waals surface area contributed by atoms with Crippen molar-refractivity contribution in [3.63, 3.8) is 0 Å². The van der Waals surface area contributed by atoms with Crippen LogP contribution in [0, 0.1) is 12.3 Å². The van der Waals surface area contributed by atoms with Crippen molar-refractivity contribution in [2.45, 2.75) is 63.5 Å². The summed E-state index contributed by atoms with van der Waals surface area (Å²) in [7, 11) is 0. The van der Waals surface area contributed by atoms with E-state index in [-0.39, 0.29) is 0 Å². The lowest BCUT2D eigenvalue weighted by Gasteiger charge is -2.49. The van der Waals surface area contributed by atoms with E-state index in [0.717, 1.165) is 19.4 Å². The molecule has 2 rings (SSSR count). The molecule has 1 N–H and O–H groups in total. The first-order valence-corrected chi connectivity index (χ1v) is 7.18. The summed E-state index contributed by atoms with van der Waals surface area (Å²) in [5.41, 5.74) is 0.431. The molecule has 0 aromatic rings. The lowest BCUT2D eigenvalue weighted by molar-refractivity contribution is 0.0624. The predicted molar refractivity (Wildman–Crippen MR) is 72.9 cm³/mol. The summed E-state index contributed by atoms with van der Waals surface area (Å²) in [4.78, 5) is 2.65. The van der Waals surface area contributed by atoms with Crippen molar-refractivity contribution in [2.75, 3.05) is 19.6 Å². The average Bonchev–Trinajstić information content (AvgIpc) is 2.35. The molecular weight excluding hydrogens is 208 g/mol. The van der Waals surface area contributed by atoms with Crippen molar-refractivity contribution in [2.24, 2.45) is 0 Å². The maximum absolute atomic E-state index is 5.33. The third kappa shape index (κ3) is 3.24. The molecule has 0 aromatic heterocycles. The van der Waals surface area contributed by atoms with Crippen LogP contribution in [0.4, 0.5) is 0 Å². The summed E-state index contributed by atoms with van der Waals surface area (Å²) in [5.74, 6) is 2.75. The molecule has 0 aromatic carbocycles. The number of terminal acetylenes is 1. The molecule has 2 heteroatoms. The van der Waals surface area contributed by atoms with Crippen LogP contribution in [-0.2, 0) is 0 Å². The van der Waals surface area contributed by atoms with Gasteiger partial charge in [-0.2, -0.15) is 0 Å². The standard InChI is InChI=1S/C15H26N2/c1-3-4-8-11-17-13-15(16-12-14(17)2)9-6-5-7-10-15/h1,14,16H,4-13H2,2H3. The fourth-order valence-corrected chi connectivity index (χ4v) is 3.34. The zero-order valence-electron chi connectivity index (χ0n) is 11.2. The van der Waals surface area contributed by atoms with Gasteiger partial charge in [-0.25, -0.2) is 0 Å². The number of hydrogen-bond acceptors (Lipinski definition) is 2. The summed E-state index contributed by atoms with van der Waals surface area (Å²) < 4.78 is 0. The Balaban J connectivity index is 1.89. The van der Waals surface area contributed by atoms with Crippen molar-refractivity contribution < 1.29 is 0 Å². The van der Waals surface area contributed by atoms with Crippen LogP contribution in [0.1, 0.15) is 51.9 Å². The van der Waals surface area contributed by atoms with Gasteiger partial charge in [-0.15, -0.1) is 12.3 Å². The number of nitrogens with one attached hydrogen (secondary N) is 1. The molecule has 0 radical (unpaired) electrons. The zero-order valence-corrected chi connectivity index (χ0v) is 11.2. The predicted octanol–water partition coefficient (Wildman–Crippen LogP) is 2.40. The van der Waals surface area contributed by atoms with E-state index in [4.69, 9.17) is 6.42 Å². The molecule has 1 saturated heterocycles. The third-order valence-electron chi connectivity index (χ3n) is 4.48. The van der Waals surface area contributed by atoms with Gasteiger partial charge in [-0.3, -0.25) is 4.90 Å². The lowest BCUT2D eigenvalue weighted by atomic mass is 9.79. The van der Waals surface area contributed by atoms with E-state index in [1.165, 1.54) is 45.2 Å². The van der Waals surface area contributed by atoms with E-state index in [2.05, 4.69) is 23.1 Å². The van der Waals surface area contributed by atoms with E-state index >= 15 is 0 Å². The van der Waals surface area contributed by atoms with Crippen molar-refractivity contribution in [3.05, 3.63) is 0 Å². The summed E-state index contributed by atoms with van der Waals surface area (Å²) in [6, 6.07) is 0.667. The molecule has 1 atom stereocenters. The number of rotatable bonds is 3. The Morgan fingerprint density at radius 2 is 2.12 bits per heavy atom. The summed E-state index contributed by atoms with van der Waals surface area (Å²) >= 11 is 0. The van der Waals surface area contributed by atoms with Crippen molar-refractivity contribution in [3.8, 4) is 12.3 Å². The molecule has 1 unspecified atom stereocenters. The van der Waals surface area contributed by atoms with Crippen LogP contribution < -0.4 is 5.32 Å². The minimum Gasteiger partial charge on any atom is -0.308 e. The Bertz CT molecular complexity index is 273. The lowest BCUT2D eigenvalue weighted by Crippen LogP contribution is -2.64. The van der Waals surface area contributed by atoms with Crippen molar-refractivity contribution in [1.29, 1.82) is 0 Å². The van der Waals surface area contributed by atoms with E-state index in [1.807, 2.05) is 0 Å². The molecule has 1 spiro atoms. The van der Waals surface area contributed by atoms with Gasteiger partial charge in [0, 0.05) is 31.1 Å². The van der Waals surface area contributed by atoms with Crippen LogP contribution in [0.25, 0.3) is 0 Å².